The Labute approximate surface area is 80.6 Å². The van der Waals surface area contributed by atoms with Crippen molar-refractivity contribution in [1.82, 2.24) is 0 Å². The molecule has 1 rings (SSSR count). The van der Waals surface area contributed by atoms with Gasteiger partial charge < -0.3 is 0 Å². The van der Waals surface area contributed by atoms with Crippen LogP contribution in [0.5, 0.6) is 0 Å². The normalized spacial score (nSPS) is 8.00. The molecule has 0 atom stereocenters. The van der Waals surface area contributed by atoms with E-state index in [1.807, 2.05) is 80.3 Å². The molecule has 0 unspecified atom stereocenters. The third-order valence-electron chi connectivity index (χ3n) is 1.33. The van der Waals surface area contributed by atoms with Gasteiger partial charge in [0.25, 0.3) is 0 Å². The molecule has 12 heteroatoms. The van der Waals surface area contributed by atoms with Crippen LogP contribution in [-0.4, -0.2) is 80.3 Å². The summed E-state index contributed by atoms with van der Waals surface area (Å²) in [6, 6.07) is 0. The molecule has 0 saturated heterocycles. The van der Waals surface area contributed by atoms with Gasteiger partial charge in [-0.1, -0.05) is 0 Å². The fourth-order valence-corrected chi connectivity index (χ4v) is 0.770. The molecule has 0 aromatic rings. The first-order chi connectivity index (χ1) is 6.00. The number of hydrogen-bond acceptors (Lipinski definition) is 0. The number of hydrogen-bond donors (Lipinski definition) is 0. The summed E-state index contributed by atoms with van der Waals surface area (Å²) in [7, 11) is 0. The maximum absolute atomic E-state index is 2.00. The zero-order valence-electron chi connectivity index (χ0n) is 6.93. The Morgan fingerprint density at radius 2 is 0.250 bits per heavy atom. The minimum atomic E-state index is 2.00. The predicted octanol–water partition coefficient (Wildman–Crippen LogP) is -4.57. The number of rotatable bonds is 0. The second-order valence-corrected chi connectivity index (χ2v) is 2.31. The van der Waals surface area contributed by atoms with Crippen LogP contribution in [0.3, 0.4) is 0 Å². The first-order valence-corrected chi connectivity index (χ1v) is 4.00. The van der Waals surface area contributed by atoms with Crippen molar-refractivity contribution >= 4 is 80.3 Å². The second kappa shape index (κ2) is 8.38. The van der Waals surface area contributed by atoms with Gasteiger partial charge in [0.1, 0.15) is 0 Å². The maximum atomic E-state index is 2.00. The zero-order chi connectivity index (χ0) is 8.49. The molecule has 0 radical (unpaired) electrons. The van der Waals surface area contributed by atoms with Crippen LogP contribution in [0.4, 0.5) is 0 Å². The molecule has 1 aliphatic rings. The molecular weight excluding hydrogens is 130 g/mol. The molecule has 0 N–H and O–H groups in total. The van der Waals surface area contributed by atoms with Gasteiger partial charge in [-0.05, 0) is 0 Å². The van der Waals surface area contributed by atoms with Crippen molar-refractivity contribution in [3.05, 3.63) is 0 Å². The monoisotopic (exact) mass is 132 g/mol. The molecule has 36 valence electrons. The van der Waals surface area contributed by atoms with Gasteiger partial charge in [0.2, 0.25) is 0 Å². The summed E-state index contributed by atoms with van der Waals surface area (Å²) in [6.07, 6.45) is 0. The third-order valence-corrected chi connectivity index (χ3v) is 1.33. The summed E-state index contributed by atoms with van der Waals surface area (Å²) in [5.41, 5.74) is 0. The van der Waals surface area contributed by atoms with E-state index in [2.05, 4.69) is 0 Å². The Bertz CT molecular complexity index is 169. The van der Waals surface area contributed by atoms with Gasteiger partial charge >= 0.3 is 80.3 Å². The molecule has 12 heavy (non-hydrogen) atoms. The Hall–Kier alpha value is 0.779. The van der Waals surface area contributed by atoms with Crippen molar-refractivity contribution in [2.24, 2.45) is 0 Å². The van der Waals surface area contributed by atoms with Crippen molar-refractivity contribution in [3.8, 4) is 0 Å². The minimum absolute atomic E-state index is 2.00. The van der Waals surface area contributed by atoms with Gasteiger partial charge in [-0.3, -0.25) is 0 Å². The van der Waals surface area contributed by atoms with Crippen LogP contribution in [-0.2, 0) is 0 Å². The molecule has 1 aliphatic heterocycles. The molecule has 0 bridgehead atoms. The Morgan fingerprint density at radius 1 is 0.167 bits per heavy atom. The van der Waals surface area contributed by atoms with E-state index in [1.165, 1.54) is 0 Å². The van der Waals surface area contributed by atoms with Crippen LogP contribution < -0.4 is 0 Å². The molecule has 0 aliphatic carbocycles. The first-order valence-electron chi connectivity index (χ1n) is 4.00. The van der Waals surface area contributed by atoms with E-state index in [1.54, 1.807) is 0 Å². The standard InChI is InChI=1S/B12/c1-2-4-6-8-10-12-11-9-7-5-3-1. The van der Waals surface area contributed by atoms with Crippen molar-refractivity contribution in [3.63, 3.8) is 0 Å². The fraction of sp³-hybridized carbons (Fsp3) is 0. The molecular formula is B12. The van der Waals surface area contributed by atoms with E-state index < -0.39 is 0 Å². The molecule has 0 fully saturated rings. The zero-order valence-corrected chi connectivity index (χ0v) is 6.93. The van der Waals surface area contributed by atoms with Gasteiger partial charge in [0, 0.05) is 0 Å². The summed E-state index contributed by atoms with van der Waals surface area (Å²) in [5, 5.41) is 0. The van der Waals surface area contributed by atoms with Gasteiger partial charge in [-0.2, -0.15) is 0 Å². The average molecular weight is 130 g/mol. The van der Waals surface area contributed by atoms with Crippen molar-refractivity contribution in [1.29, 1.82) is 0 Å². The van der Waals surface area contributed by atoms with Crippen molar-refractivity contribution in [2.45, 2.75) is 0 Å². The van der Waals surface area contributed by atoms with E-state index in [9.17, 15) is 0 Å². The molecule has 0 nitrogen and oxygen atoms in total. The van der Waals surface area contributed by atoms with E-state index in [-0.39, 0.29) is 0 Å². The van der Waals surface area contributed by atoms with Crippen LogP contribution in [0.15, 0.2) is 0 Å². The Morgan fingerprint density at radius 3 is 0.333 bits per heavy atom. The van der Waals surface area contributed by atoms with Gasteiger partial charge in [-0.15, -0.1) is 0 Å². The SMILES string of the molecule is B1=BB=BB=BB=BB=BB=B1. The van der Waals surface area contributed by atoms with Crippen molar-refractivity contribution < 1.29 is 0 Å². The second-order valence-electron chi connectivity index (χ2n) is 2.31. The molecule has 1 heterocycles. The van der Waals surface area contributed by atoms with E-state index in [0.717, 1.165) is 0 Å². The van der Waals surface area contributed by atoms with E-state index >= 15 is 0 Å². The van der Waals surface area contributed by atoms with Crippen LogP contribution in [0.1, 0.15) is 0 Å². The van der Waals surface area contributed by atoms with E-state index in [4.69, 9.17) is 0 Å². The van der Waals surface area contributed by atoms with Crippen molar-refractivity contribution in [2.75, 3.05) is 0 Å². The Kier molecular flexibility index (Phi) is 7.58. The summed E-state index contributed by atoms with van der Waals surface area (Å²) in [6.45, 7) is 24.0. The third kappa shape index (κ3) is 6.31. The summed E-state index contributed by atoms with van der Waals surface area (Å²) < 4.78 is 0. The summed E-state index contributed by atoms with van der Waals surface area (Å²) in [5.74, 6) is 0. The van der Waals surface area contributed by atoms with Crippen LogP contribution in [0, 0.1) is 0 Å². The average Bonchev–Trinajstić information content (AvgIpc) is 2.05. The molecule has 0 amide bonds. The summed E-state index contributed by atoms with van der Waals surface area (Å²) in [4.78, 5) is 0. The topological polar surface area (TPSA) is 0 Å². The molecule has 0 saturated carbocycles. The molecule has 0 aromatic carbocycles. The van der Waals surface area contributed by atoms with E-state index in [0.29, 0.717) is 0 Å². The van der Waals surface area contributed by atoms with Crippen LogP contribution >= 0.6 is 0 Å². The van der Waals surface area contributed by atoms with Gasteiger partial charge in [0.15, 0.2) is 0 Å². The molecule has 0 aromatic heterocycles. The molecule has 0 spiro atoms. The quantitative estimate of drug-likeness (QED) is 0.289. The van der Waals surface area contributed by atoms with Crippen LogP contribution in [0.2, 0.25) is 0 Å². The van der Waals surface area contributed by atoms with Gasteiger partial charge in [-0.25, -0.2) is 0 Å². The van der Waals surface area contributed by atoms with Gasteiger partial charge in [0.05, 0.1) is 0 Å². The van der Waals surface area contributed by atoms with Crippen LogP contribution in [0.25, 0.3) is 0 Å². The predicted molar refractivity (Wildman–Crippen MR) is 69.0 cm³/mol. The Balaban J connectivity index is 2.67. The summed E-state index contributed by atoms with van der Waals surface area (Å²) >= 11 is 0. The fourth-order valence-electron chi connectivity index (χ4n) is 0.770. The first kappa shape index (κ1) is 10.9.